The molecule has 0 unspecified atom stereocenters. The number of pyridine rings is 1. The Morgan fingerprint density at radius 3 is 1.33 bits per heavy atom. The zero-order valence-electron chi connectivity index (χ0n) is 24.4. The molecule has 0 saturated carbocycles. The summed E-state index contributed by atoms with van der Waals surface area (Å²) in [6.45, 7) is 0. The van der Waals surface area contributed by atoms with Crippen molar-refractivity contribution in [1.82, 2.24) is 4.57 Å². The van der Waals surface area contributed by atoms with E-state index in [1.165, 1.54) is 43.4 Å². The van der Waals surface area contributed by atoms with Gasteiger partial charge in [0, 0.05) is 16.5 Å². The average molecular weight is 574 g/mol. The topological polar surface area (TPSA) is 22.0 Å². The molecule has 0 radical (unpaired) electrons. The molecular weight excluding hydrogens is 546 g/mol. The van der Waals surface area contributed by atoms with Gasteiger partial charge in [0.05, 0.1) is 5.52 Å². The molecule has 210 valence electrons. The zero-order valence-corrected chi connectivity index (χ0v) is 24.4. The summed E-state index contributed by atoms with van der Waals surface area (Å²) in [5.41, 5.74) is 6.48. The predicted molar refractivity (Wildman–Crippen MR) is 190 cm³/mol. The number of aromatic nitrogens is 1. The Bertz CT molecular complexity index is 2630. The molecule has 9 rings (SSSR count). The van der Waals surface area contributed by atoms with Gasteiger partial charge < -0.3 is 0 Å². The molecule has 0 aliphatic rings. The summed E-state index contributed by atoms with van der Waals surface area (Å²) in [6, 6.07) is 57.3. The standard InChI is InChI=1S/C43H27NO/c45-43-38-18-10-9-17-35(38)41-27-31(21-24-42(41)44(43)32-13-5-2-6-14-32)30-20-23-37-36-22-19-29(28-11-3-1-4-12-28)25-39(36)33-15-7-8-16-34(33)40(37)26-30/h1-27H. The largest absolute Gasteiger partial charge is 0.276 e. The molecule has 1 heterocycles. The van der Waals surface area contributed by atoms with Gasteiger partial charge in [0.2, 0.25) is 0 Å². The lowest BCUT2D eigenvalue weighted by molar-refractivity contribution is 1.06. The van der Waals surface area contributed by atoms with Crippen molar-refractivity contribution in [2.75, 3.05) is 0 Å². The summed E-state index contributed by atoms with van der Waals surface area (Å²) >= 11 is 0. The van der Waals surface area contributed by atoms with E-state index in [9.17, 15) is 4.79 Å². The Morgan fingerprint density at radius 1 is 0.311 bits per heavy atom. The van der Waals surface area contributed by atoms with Crippen molar-refractivity contribution in [3.05, 3.63) is 174 Å². The Hall–Kier alpha value is -5.99. The highest BCUT2D eigenvalue weighted by Crippen LogP contribution is 2.39. The number of para-hydroxylation sites is 1. The summed E-state index contributed by atoms with van der Waals surface area (Å²) in [4.78, 5) is 13.7. The fraction of sp³-hybridized carbons (Fsp3) is 0. The highest BCUT2D eigenvalue weighted by molar-refractivity contribution is 6.26. The maximum absolute atomic E-state index is 13.7. The van der Waals surface area contributed by atoms with Crippen LogP contribution < -0.4 is 5.56 Å². The van der Waals surface area contributed by atoms with Crippen molar-refractivity contribution >= 4 is 54.0 Å². The first-order chi connectivity index (χ1) is 22.2. The summed E-state index contributed by atoms with van der Waals surface area (Å²) < 4.78 is 1.84. The fourth-order valence-electron chi connectivity index (χ4n) is 7.04. The molecule has 0 amide bonds. The third-order valence-corrected chi connectivity index (χ3v) is 9.18. The SMILES string of the molecule is O=c1c2ccccc2c2cc(-c3ccc4c5ccc(-c6ccccc6)cc5c5ccccc5c4c3)ccc2n1-c1ccccc1. The molecule has 0 saturated heterocycles. The van der Waals surface area contributed by atoms with Crippen molar-refractivity contribution in [3.63, 3.8) is 0 Å². The number of hydrogen-bond acceptors (Lipinski definition) is 1. The number of hydrogen-bond donors (Lipinski definition) is 0. The van der Waals surface area contributed by atoms with Crippen molar-refractivity contribution in [3.8, 4) is 27.9 Å². The minimum atomic E-state index is -0.00322. The smallest absolute Gasteiger partial charge is 0.263 e. The highest BCUT2D eigenvalue weighted by Gasteiger charge is 2.15. The highest BCUT2D eigenvalue weighted by atomic mass is 16.1. The molecule has 8 aromatic carbocycles. The van der Waals surface area contributed by atoms with E-state index in [0.717, 1.165) is 38.5 Å². The first-order valence-corrected chi connectivity index (χ1v) is 15.3. The Balaban J connectivity index is 1.29. The molecule has 0 bridgehead atoms. The van der Waals surface area contributed by atoms with Crippen LogP contribution in [-0.4, -0.2) is 4.57 Å². The lowest BCUT2D eigenvalue weighted by Gasteiger charge is -2.16. The second kappa shape index (κ2) is 10.0. The van der Waals surface area contributed by atoms with Gasteiger partial charge in [-0.05, 0) is 102 Å². The van der Waals surface area contributed by atoms with E-state index in [1.54, 1.807) is 0 Å². The Labute approximate surface area is 260 Å². The van der Waals surface area contributed by atoms with Crippen LogP contribution in [0.3, 0.4) is 0 Å². The predicted octanol–water partition coefficient (Wildman–Crippen LogP) is 10.9. The maximum atomic E-state index is 13.7. The summed E-state index contributed by atoms with van der Waals surface area (Å²) in [7, 11) is 0. The van der Waals surface area contributed by atoms with Crippen molar-refractivity contribution in [2.24, 2.45) is 0 Å². The van der Waals surface area contributed by atoms with E-state index in [0.29, 0.717) is 0 Å². The van der Waals surface area contributed by atoms with Gasteiger partial charge in [-0.15, -0.1) is 0 Å². The molecule has 45 heavy (non-hydrogen) atoms. The first-order valence-electron chi connectivity index (χ1n) is 15.3. The van der Waals surface area contributed by atoms with Crippen LogP contribution in [0.1, 0.15) is 0 Å². The molecule has 2 nitrogen and oxygen atoms in total. The van der Waals surface area contributed by atoms with Crippen LogP contribution in [0, 0.1) is 0 Å². The summed E-state index contributed by atoms with van der Waals surface area (Å²) in [6.07, 6.45) is 0. The third kappa shape index (κ3) is 4.00. The van der Waals surface area contributed by atoms with Crippen molar-refractivity contribution in [2.45, 2.75) is 0 Å². The molecule has 0 atom stereocenters. The molecule has 0 fully saturated rings. The number of benzene rings is 8. The van der Waals surface area contributed by atoms with E-state index in [2.05, 4.69) is 115 Å². The van der Waals surface area contributed by atoms with Gasteiger partial charge in [-0.3, -0.25) is 9.36 Å². The molecule has 9 aromatic rings. The van der Waals surface area contributed by atoms with Crippen LogP contribution in [-0.2, 0) is 0 Å². The van der Waals surface area contributed by atoms with Gasteiger partial charge in [0.1, 0.15) is 0 Å². The van der Waals surface area contributed by atoms with Gasteiger partial charge in [0.15, 0.2) is 0 Å². The van der Waals surface area contributed by atoms with E-state index in [-0.39, 0.29) is 5.56 Å². The second-order valence-corrected chi connectivity index (χ2v) is 11.7. The van der Waals surface area contributed by atoms with E-state index < -0.39 is 0 Å². The molecule has 0 N–H and O–H groups in total. The Kier molecular flexibility index (Phi) is 5.69. The Morgan fingerprint density at radius 2 is 0.733 bits per heavy atom. The zero-order chi connectivity index (χ0) is 29.9. The normalized spacial score (nSPS) is 11.6. The maximum Gasteiger partial charge on any atom is 0.263 e. The summed E-state index contributed by atoms with van der Waals surface area (Å²) in [5, 5.41) is 10.3. The van der Waals surface area contributed by atoms with Crippen LogP contribution in [0.5, 0.6) is 0 Å². The quantitative estimate of drug-likeness (QED) is 0.193. The number of rotatable bonds is 3. The molecule has 0 spiro atoms. The molecule has 0 aliphatic carbocycles. The average Bonchev–Trinajstić information content (AvgIpc) is 3.12. The van der Waals surface area contributed by atoms with Gasteiger partial charge in [-0.1, -0.05) is 121 Å². The minimum Gasteiger partial charge on any atom is -0.276 e. The lowest BCUT2D eigenvalue weighted by atomic mass is 9.90. The van der Waals surface area contributed by atoms with E-state index in [4.69, 9.17) is 0 Å². The number of fused-ring (bicyclic) bond motifs is 9. The second-order valence-electron chi connectivity index (χ2n) is 11.7. The van der Waals surface area contributed by atoms with Crippen LogP contribution in [0.2, 0.25) is 0 Å². The van der Waals surface area contributed by atoms with Crippen LogP contribution in [0.4, 0.5) is 0 Å². The van der Waals surface area contributed by atoms with E-state index in [1.807, 2.05) is 53.1 Å². The first kappa shape index (κ1) is 25.5. The van der Waals surface area contributed by atoms with Gasteiger partial charge in [0.25, 0.3) is 5.56 Å². The van der Waals surface area contributed by atoms with Gasteiger partial charge in [-0.2, -0.15) is 0 Å². The monoisotopic (exact) mass is 573 g/mol. The molecular formula is C43H27NO. The minimum absolute atomic E-state index is 0.00322. The third-order valence-electron chi connectivity index (χ3n) is 9.18. The van der Waals surface area contributed by atoms with Crippen molar-refractivity contribution < 1.29 is 0 Å². The fourth-order valence-corrected chi connectivity index (χ4v) is 7.04. The lowest BCUT2D eigenvalue weighted by Crippen LogP contribution is -2.19. The van der Waals surface area contributed by atoms with Crippen LogP contribution in [0.25, 0.3) is 81.9 Å². The molecule has 0 aliphatic heterocycles. The number of nitrogens with zero attached hydrogens (tertiary/aromatic N) is 1. The van der Waals surface area contributed by atoms with Crippen LogP contribution >= 0.6 is 0 Å². The van der Waals surface area contributed by atoms with Gasteiger partial charge in [-0.25, -0.2) is 0 Å². The van der Waals surface area contributed by atoms with Crippen molar-refractivity contribution in [1.29, 1.82) is 0 Å². The van der Waals surface area contributed by atoms with E-state index >= 15 is 0 Å². The summed E-state index contributed by atoms with van der Waals surface area (Å²) in [5.74, 6) is 0. The van der Waals surface area contributed by atoms with Crippen LogP contribution in [0.15, 0.2) is 169 Å². The van der Waals surface area contributed by atoms with Gasteiger partial charge >= 0.3 is 0 Å². The molecule has 2 heteroatoms. The molecule has 1 aromatic heterocycles.